The Morgan fingerprint density at radius 1 is 1.62 bits per heavy atom. The highest BCUT2D eigenvalue weighted by molar-refractivity contribution is 5.94. The maximum Gasteiger partial charge on any atom is 0.287 e. The summed E-state index contributed by atoms with van der Waals surface area (Å²) in [6.07, 6.45) is 6.19. The van der Waals surface area contributed by atoms with Gasteiger partial charge in [-0.2, -0.15) is 5.10 Å². The predicted molar refractivity (Wildman–Crippen MR) is 63.3 cm³/mol. The molecule has 4 nitrogen and oxygen atoms in total. The van der Waals surface area contributed by atoms with Crippen molar-refractivity contribution in [2.45, 2.75) is 32.6 Å². The van der Waals surface area contributed by atoms with Crippen LogP contribution in [-0.2, 0) is 0 Å². The molecule has 4 heteroatoms. The predicted octanol–water partition coefficient (Wildman–Crippen LogP) is 2.31. The van der Waals surface area contributed by atoms with Crippen molar-refractivity contribution in [1.82, 2.24) is 10.4 Å². The van der Waals surface area contributed by atoms with Gasteiger partial charge in [-0.25, -0.2) is 5.43 Å². The van der Waals surface area contributed by atoms with E-state index in [1.807, 2.05) is 0 Å². The number of rotatable bonds is 2. The summed E-state index contributed by atoms with van der Waals surface area (Å²) in [5, 5.41) is 4.19. The van der Waals surface area contributed by atoms with E-state index in [-0.39, 0.29) is 5.91 Å². The van der Waals surface area contributed by atoms with Gasteiger partial charge in [0, 0.05) is 11.9 Å². The van der Waals surface area contributed by atoms with Gasteiger partial charge in [0.15, 0.2) is 0 Å². The summed E-state index contributed by atoms with van der Waals surface area (Å²) in [5.74, 6) is 0.519. The molecule has 1 heterocycles. The molecule has 1 saturated carbocycles. The highest BCUT2D eigenvalue weighted by Crippen LogP contribution is 2.20. The Balaban J connectivity index is 1.91. The quantitative estimate of drug-likeness (QED) is 0.737. The minimum atomic E-state index is -0.171. The van der Waals surface area contributed by atoms with E-state index in [1.54, 1.807) is 18.3 Å². The van der Waals surface area contributed by atoms with E-state index >= 15 is 0 Å². The molecule has 0 radical (unpaired) electrons. The molecular formula is C12H17N3O. The Labute approximate surface area is 95.1 Å². The molecule has 1 aliphatic carbocycles. The van der Waals surface area contributed by atoms with Crippen LogP contribution in [0.5, 0.6) is 0 Å². The van der Waals surface area contributed by atoms with Crippen molar-refractivity contribution in [3.63, 3.8) is 0 Å². The lowest BCUT2D eigenvalue weighted by Gasteiger charge is -2.18. The monoisotopic (exact) mass is 219 g/mol. The molecule has 0 spiro atoms. The second kappa shape index (κ2) is 4.96. The molecule has 2 rings (SSSR count). The summed E-state index contributed by atoms with van der Waals surface area (Å²) >= 11 is 0. The Bertz CT molecular complexity index is 381. The maximum absolute atomic E-state index is 11.6. The fourth-order valence-corrected chi connectivity index (χ4v) is 2.02. The molecule has 1 aromatic rings. The second-order valence-corrected chi connectivity index (χ2v) is 4.40. The normalized spacial score (nSPS) is 23.3. The van der Waals surface area contributed by atoms with E-state index in [9.17, 15) is 4.79 Å². The van der Waals surface area contributed by atoms with Crippen LogP contribution in [0.15, 0.2) is 23.4 Å². The number of H-pyrrole nitrogens is 1. The summed E-state index contributed by atoms with van der Waals surface area (Å²) in [6, 6.07) is 3.53. The summed E-state index contributed by atoms with van der Waals surface area (Å²) in [6.45, 7) is 2.22. The molecule has 0 aromatic carbocycles. The largest absolute Gasteiger partial charge is 0.357 e. The zero-order chi connectivity index (χ0) is 11.4. The minimum Gasteiger partial charge on any atom is -0.357 e. The van der Waals surface area contributed by atoms with Crippen molar-refractivity contribution in [3.8, 4) is 0 Å². The molecule has 2 N–H and O–H groups in total. The van der Waals surface area contributed by atoms with Crippen LogP contribution in [0.4, 0.5) is 0 Å². The van der Waals surface area contributed by atoms with Gasteiger partial charge < -0.3 is 4.98 Å². The summed E-state index contributed by atoms with van der Waals surface area (Å²) in [4.78, 5) is 14.4. The number of nitrogens with zero attached hydrogens (tertiary/aromatic N) is 1. The van der Waals surface area contributed by atoms with Gasteiger partial charge in [0.1, 0.15) is 5.69 Å². The van der Waals surface area contributed by atoms with Gasteiger partial charge in [-0.3, -0.25) is 4.79 Å². The number of hydrogen-bond acceptors (Lipinski definition) is 2. The first kappa shape index (κ1) is 10.9. The van der Waals surface area contributed by atoms with E-state index in [1.165, 1.54) is 12.8 Å². The second-order valence-electron chi connectivity index (χ2n) is 4.40. The third kappa shape index (κ3) is 2.72. The maximum atomic E-state index is 11.6. The van der Waals surface area contributed by atoms with Crippen molar-refractivity contribution in [1.29, 1.82) is 0 Å². The Kier molecular flexibility index (Phi) is 3.39. The van der Waals surface area contributed by atoms with Crippen molar-refractivity contribution < 1.29 is 4.79 Å². The molecule has 0 unspecified atom stereocenters. The topological polar surface area (TPSA) is 57.2 Å². The van der Waals surface area contributed by atoms with Crippen molar-refractivity contribution >= 4 is 11.6 Å². The number of carbonyl (C=O) groups excluding carboxylic acids is 1. The van der Waals surface area contributed by atoms with Crippen LogP contribution in [0.25, 0.3) is 0 Å². The number of carbonyl (C=O) groups is 1. The zero-order valence-corrected chi connectivity index (χ0v) is 9.49. The van der Waals surface area contributed by atoms with E-state index in [0.717, 1.165) is 18.6 Å². The lowest BCUT2D eigenvalue weighted by Crippen LogP contribution is -2.22. The number of hydrazone groups is 1. The third-order valence-electron chi connectivity index (χ3n) is 2.90. The number of aromatic nitrogens is 1. The standard InChI is InChI=1S/C12H17N3O/c1-9-4-2-5-10(8-9)14-15-12(16)11-6-3-7-13-11/h3,6-7,9,13H,2,4-5,8H2,1H3,(H,15,16)/b14-10+/t9-/m1/s1. The number of hydrogen-bond donors (Lipinski definition) is 2. The van der Waals surface area contributed by atoms with Gasteiger partial charge in [0.25, 0.3) is 5.91 Å². The fourth-order valence-electron chi connectivity index (χ4n) is 2.02. The van der Waals surface area contributed by atoms with Gasteiger partial charge in [0.05, 0.1) is 0 Å². The van der Waals surface area contributed by atoms with Crippen LogP contribution >= 0.6 is 0 Å². The van der Waals surface area contributed by atoms with Crippen molar-refractivity contribution in [3.05, 3.63) is 24.0 Å². The summed E-state index contributed by atoms with van der Waals surface area (Å²) < 4.78 is 0. The van der Waals surface area contributed by atoms with Crippen molar-refractivity contribution in [2.24, 2.45) is 11.0 Å². The fraction of sp³-hybridized carbons (Fsp3) is 0.500. The molecule has 1 atom stereocenters. The molecule has 1 aromatic heterocycles. The molecular weight excluding hydrogens is 202 g/mol. The Morgan fingerprint density at radius 3 is 3.19 bits per heavy atom. The smallest absolute Gasteiger partial charge is 0.287 e. The molecule has 1 amide bonds. The van der Waals surface area contributed by atoms with Crippen molar-refractivity contribution in [2.75, 3.05) is 0 Å². The first-order valence-corrected chi connectivity index (χ1v) is 5.75. The average molecular weight is 219 g/mol. The molecule has 0 saturated heterocycles. The molecule has 16 heavy (non-hydrogen) atoms. The lowest BCUT2D eigenvalue weighted by atomic mass is 9.89. The van der Waals surface area contributed by atoms with Crippen LogP contribution in [0.2, 0.25) is 0 Å². The first-order chi connectivity index (χ1) is 7.75. The van der Waals surface area contributed by atoms with Gasteiger partial charge in [-0.05, 0) is 43.7 Å². The number of aromatic amines is 1. The van der Waals surface area contributed by atoms with Crippen LogP contribution in [0.3, 0.4) is 0 Å². The SMILES string of the molecule is C[C@@H]1CCC/C(=N\NC(=O)c2ccc[nH]2)C1. The third-order valence-corrected chi connectivity index (χ3v) is 2.90. The number of nitrogens with one attached hydrogen (secondary N) is 2. The molecule has 0 aliphatic heterocycles. The Hall–Kier alpha value is -1.58. The average Bonchev–Trinajstić information content (AvgIpc) is 2.79. The van der Waals surface area contributed by atoms with Gasteiger partial charge >= 0.3 is 0 Å². The zero-order valence-electron chi connectivity index (χ0n) is 9.49. The number of amides is 1. The van der Waals surface area contributed by atoms with Gasteiger partial charge in [-0.15, -0.1) is 0 Å². The highest BCUT2D eigenvalue weighted by atomic mass is 16.2. The van der Waals surface area contributed by atoms with E-state index < -0.39 is 0 Å². The van der Waals surface area contributed by atoms with Crippen LogP contribution in [0, 0.1) is 5.92 Å². The Morgan fingerprint density at radius 2 is 2.50 bits per heavy atom. The molecule has 1 aliphatic rings. The summed E-state index contributed by atoms with van der Waals surface area (Å²) in [7, 11) is 0. The molecule has 86 valence electrons. The van der Waals surface area contributed by atoms with Gasteiger partial charge in [0.2, 0.25) is 0 Å². The van der Waals surface area contributed by atoms with Gasteiger partial charge in [-0.1, -0.05) is 6.92 Å². The van der Waals surface area contributed by atoms with Crippen LogP contribution in [0.1, 0.15) is 43.1 Å². The van der Waals surface area contributed by atoms with E-state index in [0.29, 0.717) is 11.6 Å². The van der Waals surface area contributed by atoms with E-state index in [2.05, 4.69) is 22.4 Å². The minimum absolute atomic E-state index is 0.171. The van der Waals surface area contributed by atoms with Crippen LogP contribution in [-0.4, -0.2) is 16.6 Å². The van der Waals surface area contributed by atoms with Crippen LogP contribution < -0.4 is 5.43 Å². The molecule has 1 fully saturated rings. The van der Waals surface area contributed by atoms with E-state index in [4.69, 9.17) is 0 Å². The highest BCUT2D eigenvalue weighted by Gasteiger charge is 2.14. The first-order valence-electron chi connectivity index (χ1n) is 5.75. The summed E-state index contributed by atoms with van der Waals surface area (Å²) in [5.41, 5.74) is 4.25. The molecule has 0 bridgehead atoms. The lowest BCUT2D eigenvalue weighted by molar-refractivity contribution is 0.0950.